The summed E-state index contributed by atoms with van der Waals surface area (Å²) >= 11 is 0. The number of nitrogens with zero attached hydrogens (tertiary/aromatic N) is 1. The minimum absolute atomic E-state index is 0.0170. The average molecular weight is 311 g/mol. The molecule has 1 heterocycles. The summed E-state index contributed by atoms with van der Waals surface area (Å²) < 4.78 is 36.5. The molecule has 1 aromatic rings. The summed E-state index contributed by atoms with van der Waals surface area (Å²) in [6.45, 7) is 2.20. The Kier molecular flexibility index (Phi) is 3.31. The van der Waals surface area contributed by atoms with Gasteiger partial charge in [0.2, 0.25) is 5.91 Å². The van der Waals surface area contributed by atoms with E-state index in [1.165, 1.54) is 12.1 Å². The normalized spacial score (nSPS) is 21.0. The molecule has 1 amide bonds. The zero-order valence-corrected chi connectivity index (χ0v) is 12.7. The first-order chi connectivity index (χ1) is 9.89. The lowest BCUT2D eigenvalue weighted by Gasteiger charge is -2.40. The van der Waals surface area contributed by atoms with Crippen molar-refractivity contribution in [2.45, 2.75) is 30.4 Å². The standard InChI is InChI=1S/C15H18FNO3S/c1-2-21(19,20)13-9-17(10-13)14(18)15(7-8-15)11-3-5-12(16)6-4-11/h3-6,13H,2,7-10H2,1H3. The number of benzene rings is 1. The maximum Gasteiger partial charge on any atom is 0.233 e. The maximum atomic E-state index is 13.0. The molecule has 2 fully saturated rings. The number of sulfone groups is 1. The molecule has 0 radical (unpaired) electrons. The number of likely N-dealkylation sites (tertiary alicyclic amines) is 1. The van der Waals surface area contributed by atoms with Crippen LogP contribution in [0.25, 0.3) is 0 Å². The van der Waals surface area contributed by atoms with Crippen molar-refractivity contribution in [2.75, 3.05) is 18.8 Å². The van der Waals surface area contributed by atoms with Crippen molar-refractivity contribution in [1.29, 1.82) is 0 Å². The highest BCUT2D eigenvalue weighted by atomic mass is 32.2. The van der Waals surface area contributed by atoms with Gasteiger partial charge in [-0.3, -0.25) is 4.79 Å². The van der Waals surface area contributed by atoms with Crippen molar-refractivity contribution >= 4 is 15.7 Å². The van der Waals surface area contributed by atoms with Crippen LogP contribution in [0.4, 0.5) is 4.39 Å². The number of carbonyl (C=O) groups excluding carboxylic acids is 1. The summed E-state index contributed by atoms with van der Waals surface area (Å²) in [7, 11) is -3.07. The fourth-order valence-corrected chi connectivity index (χ4v) is 4.17. The lowest BCUT2D eigenvalue weighted by molar-refractivity contribution is -0.137. The Bertz CT molecular complexity index is 659. The van der Waals surface area contributed by atoms with Crippen molar-refractivity contribution in [1.82, 2.24) is 4.90 Å². The first-order valence-corrected chi connectivity index (χ1v) is 8.87. The van der Waals surface area contributed by atoms with Crippen LogP contribution < -0.4 is 0 Å². The summed E-state index contributed by atoms with van der Waals surface area (Å²) in [6.07, 6.45) is 1.50. The molecule has 6 heteroatoms. The van der Waals surface area contributed by atoms with Gasteiger partial charge in [0.05, 0.1) is 10.7 Å². The first kappa shape index (κ1) is 14.5. The lowest BCUT2D eigenvalue weighted by Crippen LogP contribution is -2.59. The maximum absolute atomic E-state index is 13.0. The summed E-state index contributed by atoms with van der Waals surface area (Å²) in [5.41, 5.74) is 0.282. The minimum atomic E-state index is -3.07. The summed E-state index contributed by atoms with van der Waals surface area (Å²) in [4.78, 5) is 14.2. The summed E-state index contributed by atoms with van der Waals surface area (Å²) in [5, 5.41) is -0.421. The van der Waals surface area contributed by atoms with Gasteiger partial charge in [-0.1, -0.05) is 19.1 Å². The molecule has 114 valence electrons. The minimum Gasteiger partial charge on any atom is -0.339 e. The van der Waals surface area contributed by atoms with Crippen LogP contribution in [0.5, 0.6) is 0 Å². The molecule has 1 saturated heterocycles. The molecule has 1 saturated carbocycles. The van der Waals surface area contributed by atoms with E-state index in [1.54, 1.807) is 24.0 Å². The van der Waals surface area contributed by atoms with Gasteiger partial charge in [0.25, 0.3) is 0 Å². The Morgan fingerprint density at radius 1 is 1.29 bits per heavy atom. The second kappa shape index (κ2) is 4.80. The Morgan fingerprint density at radius 2 is 1.86 bits per heavy atom. The fraction of sp³-hybridized carbons (Fsp3) is 0.533. The molecule has 0 bridgehead atoms. The molecule has 0 N–H and O–H groups in total. The van der Waals surface area contributed by atoms with Gasteiger partial charge in [-0.2, -0.15) is 0 Å². The summed E-state index contributed by atoms with van der Waals surface area (Å²) in [6, 6.07) is 6.03. The molecular weight excluding hydrogens is 293 g/mol. The van der Waals surface area contributed by atoms with E-state index in [1.807, 2.05) is 0 Å². The third-order valence-corrected chi connectivity index (χ3v) is 6.72. The van der Waals surface area contributed by atoms with Crippen molar-refractivity contribution in [2.24, 2.45) is 0 Å². The SMILES string of the molecule is CCS(=O)(=O)C1CN(C(=O)C2(c3ccc(F)cc3)CC2)C1. The highest BCUT2D eigenvalue weighted by Crippen LogP contribution is 2.50. The number of carbonyl (C=O) groups is 1. The van der Waals surface area contributed by atoms with Gasteiger partial charge in [-0.25, -0.2) is 12.8 Å². The van der Waals surface area contributed by atoms with Crippen LogP contribution >= 0.6 is 0 Å². The Labute approximate surface area is 123 Å². The van der Waals surface area contributed by atoms with Crippen molar-refractivity contribution < 1.29 is 17.6 Å². The van der Waals surface area contributed by atoms with Gasteiger partial charge in [-0.15, -0.1) is 0 Å². The Balaban J connectivity index is 1.71. The van der Waals surface area contributed by atoms with Gasteiger partial charge >= 0.3 is 0 Å². The number of amides is 1. The van der Waals surface area contributed by atoms with Crippen LogP contribution in [-0.2, 0) is 20.0 Å². The molecule has 21 heavy (non-hydrogen) atoms. The van der Waals surface area contributed by atoms with Crippen LogP contribution in [0.2, 0.25) is 0 Å². The van der Waals surface area contributed by atoms with E-state index in [-0.39, 0.29) is 30.6 Å². The van der Waals surface area contributed by atoms with E-state index >= 15 is 0 Å². The van der Waals surface area contributed by atoms with E-state index in [0.717, 1.165) is 18.4 Å². The van der Waals surface area contributed by atoms with Gasteiger partial charge in [0.1, 0.15) is 5.82 Å². The second-order valence-corrected chi connectivity index (χ2v) is 8.44. The van der Waals surface area contributed by atoms with Crippen LogP contribution in [0.3, 0.4) is 0 Å². The zero-order valence-electron chi connectivity index (χ0n) is 11.9. The molecule has 0 spiro atoms. The van der Waals surface area contributed by atoms with Crippen LogP contribution in [0, 0.1) is 5.82 Å². The molecule has 1 aromatic carbocycles. The smallest absolute Gasteiger partial charge is 0.233 e. The van der Waals surface area contributed by atoms with Crippen molar-refractivity contribution in [3.8, 4) is 0 Å². The molecule has 0 unspecified atom stereocenters. The van der Waals surface area contributed by atoms with Crippen LogP contribution in [0.15, 0.2) is 24.3 Å². The largest absolute Gasteiger partial charge is 0.339 e. The predicted molar refractivity (Wildman–Crippen MR) is 77.1 cm³/mol. The lowest BCUT2D eigenvalue weighted by atomic mass is 9.93. The third kappa shape index (κ3) is 2.35. The van der Waals surface area contributed by atoms with Crippen LogP contribution in [0.1, 0.15) is 25.3 Å². The van der Waals surface area contributed by atoms with Gasteiger partial charge < -0.3 is 4.90 Å². The fourth-order valence-electron chi connectivity index (χ4n) is 2.89. The second-order valence-electron chi connectivity index (χ2n) is 5.87. The van der Waals surface area contributed by atoms with Crippen molar-refractivity contribution in [3.05, 3.63) is 35.6 Å². The number of halogens is 1. The van der Waals surface area contributed by atoms with Gasteiger partial charge in [0.15, 0.2) is 9.84 Å². The topological polar surface area (TPSA) is 54.5 Å². The van der Waals surface area contributed by atoms with E-state index in [0.29, 0.717) is 0 Å². The molecular formula is C15H18FNO3S. The van der Waals surface area contributed by atoms with E-state index in [2.05, 4.69) is 0 Å². The predicted octanol–water partition coefficient (Wildman–Crippen LogP) is 1.50. The van der Waals surface area contributed by atoms with Gasteiger partial charge in [-0.05, 0) is 30.5 Å². The van der Waals surface area contributed by atoms with Crippen molar-refractivity contribution in [3.63, 3.8) is 0 Å². The zero-order chi connectivity index (χ0) is 15.3. The molecule has 0 aromatic heterocycles. The van der Waals surface area contributed by atoms with E-state index in [9.17, 15) is 17.6 Å². The third-order valence-electron chi connectivity index (χ3n) is 4.60. The monoisotopic (exact) mass is 311 g/mol. The summed E-state index contributed by atoms with van der Waals surface area (Å²) in [5.74, 6) is -0.222. The Morgan fingerprint density at radius 3 is 2.33 bits per heavy atom. The first-order valence-electron chi connectivity index (χ1n) is 7.16. The number of hydrogen-bond acceptors (Lipinski definition) is 3. The highest BCUT2D eigenvalue weighted by Gasteiger charge is 2.55. The van der Waals surface area contributed by atoms with E-state index < -0.39 is 20.5 Å². The molecule has 1 aliphatic carbocycles. The highest BCUT2D eigenvalue weighted by molar-refractivity contribution is 7.92. The molecule has 4 nitrogen and oxygen atoms in total. The molecule has 1 aliphatic heterocycles. The van der Waals surface area contributed by atoms with Gasteiger partial charge in [0, 0.05) is 18.8 Å². The molecule has 2 aliphatic rings. The van der Waals surface area contributed by atoms with E-state index in [4.69, 9.17) is 0 Å². The quantitative estimate of drug-likeness (QED) is 0.847. The Hall–Kier alpha value is -1.43. The molecule has 3 rings (SSSR count). The average Bonchev–Trinajstić information content (AvgIpc) is 3.19. The van der Waals surface area contributed by atoms with Crippen LogP contribution in [-0.4, -0.2) is 43.3 Å². The number of hydrogen-bond donors (Lipinski definition) is 0. The molecule has 0 atom stereocenters. The number of rotatable bonds is 4.